The van der Waals surface area contributed by atoms with Gasteiger partial charge < -0.3 is 14.6 Å². The van der Waals surface area contributed by atoms with Crippen LogP contribution in [-0.4, -0.2) is 71.6 Å². The molecule has 1 aromatic heterocycles. The zero-order valence-corrected chi connectivity index (χ0v) is 17.0. The summed E-state index contributed by atoms with van der Waals surface area (Å²) in [5.74, 6) is -3.27. The maximum absolute atomic E-state index is 13.6. The molecule has 1 aromatic rings. The van der Waals surface area contributed by atoms with Crippen LogP contribution in [0.3, 0.4) is 0 Å². The molecule has 13 heteroatoms. The number of aliphatic carboxylic acids is 1. The molecule has 0 radical (unpaired) electrons. The lowest BCUT2D eigenvalue weighted by molar-refractivity contribution is -0.192. The van der Waals surface area contributed by atoms with Crippen LogP contribution in [0.5, 0.6) is 5.88 Å². The lowest BCUT2D eigenvalue weighted by atomic mass is 9.86. The van der Waals surface area contributed by atoms with Crippen LogP contribution in [0.15, 0.2) is 18.3 Å². The van der Waals surface area contributed by atoms with Gasteiger partial charge in [-0.05, 0) is 26.0 Å². The predicted octanol–water partition coefficient (Wildman–Crippen LogP) is 2.20. The molecule has 2 fully saturated rings. The quantitative estimate of drug-likeness (QED) is 0.690. The average molecular weight is 458 g/mol. The van der Waals surface area contributed by atoms with Crippen molar-refractivity contribution in [3.63, 3.8) is 0 Å². The Morgan fingerprint density at radius 1 is 1.40 bits per heavy atom. The predicted molar refractivity (Wildman–Crippen MR) is 95.8 cm³/mol. The van der Waals surface area contributed by atoms with Crippen molar-refractivity contribution in [2.45, 2.75) is 49.8 Å². The summed E-state index contributed by atoms with van der Waals surface area (Å²) in [6.45, 7) is 4.46. The number of halogens is 4. The molecule has 2 aliphatic rings. The second kappa shape index (κ2) is 9.02. The van der Waals surface area contributed by atoms with Gasteiger partial charge in [0.25, 0.3) is 5.88 Å². The largest absolute Gasteiger partial charge is 0.490 e. The summed E-state index contributed by atoms with van der Waals surface area (Å²) in [4.78, 5) is 12.8. The van der Waals surface area contributed by atoms with Gasteiger partial charge in [-0.2, -0.15) is 17.5 Å². The van der Waals surface area contributed by atoms with E-state index in [2.05, 4.69) is 4.98 Å². The van der Waals surface area contributed by atoms with Crippen LogP contribution in [0.1, 0.15) is 26.7 Å². The van der Waals surface area contributed by atoms with Crippen molar-refractivity contribution in [3.05, 3.63) is 24.1 Å². The van der Waals surface area contributed by atoms with Crippen LogP contribution < -0.4 is 4.74 Å². The first kappa shape index (κ1) is 24.3. The Kier molecular flexibility index (Phi) is 7.30. The van der Waals surface area contributed by atoms with Gasteiger partial charge in [-0.15, -0.1) is 0 Å². The van der Waals surface area contributed by atoms with Gasteiger partial charge in [-0.25, -0.2) is 22.6 Å². The molecule has 0 saturated carbocycles. The smallest absolute Gasteiger partial charge is 0.475 e. The first-order valence-electron chi connectivity index (χ1n) is 8.97. The highest BCUT2D eigenvalue weighted by Gasteiger charge is 2.52. The topological polar surface area (TPSA) is 106 Å². The van der Waals surface area contributed by atoms with E-state index in [0.29, 0.717) is 32.5 Å². The molecular weight excluding hydrogens is 436 g/mol. The minimum Gasteiger partial charge on any atom is -0.475 e. The molecule has 0 aliphatic carbocycles. The standard InChI is InChI=1S/C15H21FN2O4S.C2HF3O2/c1-11(2)23(19,20)18-9-15(10-18)8-12(5-7-21-15)22-14-13(16)4-3-6-17-14;3-2(4,5)1(6)7/h3-4,6,11-12H,5,7-10H2,1-2H3;(H,6,7). The number of ether oxygens (including phenoxy) is 2. The molecule has 0 amide bonds. The van der Waals surface area contributed by atoms with Crippen LogP contribution in [0, 0.1) is 5.82 Å². The SMILES string of the molecule is CC(C)S(=O)(=O)N1CC2(CC(Oc3ncccc3F)CCO2)C1.O=C(O)C(F)(F)F. The van der Waals surface area contributed by atoms with Gasteiger partial charge in [-0.3, -0.25) is 0 Å². The summed E-state index contributed by atoms with van der Waals surface area (Å²) in [5.41, 5.74) is -0.518. The first-order valence-corrected chi connectivity index (χ1v) is 10.5. The van der Waals surface area contributed by atoms with E-state index >= 15 is 0 Å². The van der Waals surface area contributed by atoms with E-state index in [1.54, 1.807) is 13.8 Å². The summed E-state index contributed by atoms with van der Waals surface area (Å²) in [6.07, 6.45) is -2.66. The summed E-state index contributed by atoms with van der Waals surface area (Å²) in [7, 11) is -3.26. The van der Waals surface area contributed by atoms with Crippen molar-refractivity contribution in [2.75, 3.05) is 19.7 Å². The number of rotatable bonds is 4. The van der Waals surface area contributed by atoms with Crippen LogP contribution in [-0.2, 0) is 19.6 Å². The van der Waals surface area contributed by atoms with Gasteiger partial charge in [0.2, 0.25) is 10.0 Å². The Hall–Kier alpha value is -1.99. The summed E-state index contributed by atoms with van der Waals surface area (Å²) in [5, 5.41) is 6.68. The number of carboxylic acids is 1. The van der Waals surface area contributed by atoms with E-state index in [0.717, 1.165) is 0 Å². The zero-order valence-electron chi connectivity index (χ0n) is 16.2. The summed E-state index contributed by atoms with van der Waals surface area (Å²) in [6, 6.07) is 2.81. The number of hydrogen-bond donors (Lipinski definition) is 1. The molecule has 170 valence electrons. The molecule has 1 atom stereocenters. The Balaban J connectivity index is 0.000000396. The fraction of sp³-hybridized carbons (Fsp3) is 0.647. The highest BCUT2D eigenvalue weighted by atomic mass is 32.2. The fourth-order valence-electron chi connectivity index (χ4n) is 2.99. The Bertz CT molecular complexity index is 856. The molecule has 2 saturated heterocycles. The molecule has 0 bridgehead atoms. The lowest BCUT2D eigenvalue weighted by Crippen LogP contribution is -2.68. The Morgan fingerprint density at radius 3 is 2.50 bits per heavy atom. The molecule has 1 spiro atoms. The van der Waals surface area contributed by atoms with Crippen molar-refractivity contribution in [2.24, 2.45) is 0 Å². The van der Waals surface area contributed by atoms with Gasteiger partial charge in [0.05, 0.1) is 17.5 Å². The van der Waals surface area contributed by atoms with E-state index in [4.69, 9.17) is 19.4 Å². The highest BCUT2D eigenvalue weighted by Crippen LogP contribution is 2.37. The van der Waals surface area contributed by atoms with Gasteiger partial charge in [0.1, 0.15) is 6.10 Å². The number of alkyl halides is 3. The van der Waals surface area contributed by atoms with Gasteiger partial charge >= 0.3 is 12.1 Å². The van der Waals surface area contributed by atoms with E-state index in [1.165, 1.54) is 22.6 Å². The molecule has 1 N–H and O–H groups in total. The molecular formula is C17H22F4N2O6S. The lowest BCUT2D eigenvalue weighted by Gasteiger charge is -2.52. The number of sulfonamides is 1. The number of nitrogens with zero attached hydrogens (tertiary/aromatic N) is 2. The van der Waals surface area contributed by atoms with Gasteiger partial charge in [-0.1, -0.05) is 0 Å². The highest BCUT2D eigenvalue weighted by molar-refractivity contribution is 7.89. The molecule has 1 unspecified atom stereocenters. The van der Waals surface area contributed by atoms with E-state index in [9.17, 15) is 26.0 Å². The summed E-state index contributed by atoms with van der Waals surface area (Å²) >= 11 is 0. The number of carboxylic acid groups (broad SMARTS) is 1. The minimum absolute atomic E-state index is 0.0134. The zero-order chi connectivity index (χ0) is 22.7. The van der Waals surface area contributed by atoms with Crippen molar-refractivity contribution < 1.29 is 45.4 Å². The average Bonchev–Trinajstić information content (AvgIpc) is 2.61. The Morgan fingerprint density at radius 2 is 2.00 bits per heavy atom. The molecule has 2 aliphatic heterocycles. The van der Waals surface area contributed by atoms with Crippen molar-refractivity contribution >= 4 is 16.0 Å². The number of pyridine rings is 1. The van der Waals surface area contributed by atoms with Crippen LogP contribution in [0.2, 0.25) is 0 Å². The van der Waals surface area contributed by atoms with E-state index in [-0.39, 0.29) is 12.0 Å². The first-order chi connectivity index (χ1) is 13.8. The summed E-state index contributed by atoms with van der Waals surface area (Å²) < 4.78 is 82.5. The minimum atomic E-state index is -5.08. The molecule has 3 heterocycles. The molecule has 8 nitrogen and oxygen atoms in total. The third-order valence-electron chi connectivity index (χ3n) is 4.58. The van der Waals surface area contributed by atoms with Crippen molar-refractivity contribution in [1.29, 1.82) is 0 Å². The van der Waals surface area contributed by atoms with Gasteiger partial charge in [0, 0.05) is 32.1 Å². The van der Waals surface area contributed by atoms with Crippen LogP contribution >= 0.6 is 0 Å². The van der Waals surface area contributed by atoms with Crippen molar-refractivity contribution in [3.8, 4) is 5.88 Å². The van der Waals surface area contributed by atoms with Crippen LogP contribution in [0.25, 0.3) is 0 Å². The maximum atomic E-state index is 13.6. The number of hydrogen-bond acceptors (Lipinski definition) is 6. The second-order valence-corrected chi connectivity index (χ2v) is 9.71. The van der Waals surface area contributed by atoms with Crippen LogP contribution in [0.4, 0.5) is 17.6 Å². The third-order valence-corrected chi connectivity index (χ3v) is 6.75. The number of carbonyl (C=O) groups is 1. The normalized spacial score (nSPS) is 21.5. The van der Waals surface area contributed by atoms with Crippen molar-refractivity contribution in [1.82, 2.24) is 9.29 Å². The monoisotopic (exact) mass is 458 g/mol. The number of aromatic nitrogens is 1. The maximum Gasteiger partial charge on any atom is 0.490 e. The molecule has 30 heavy (non-hydrogen) atoms. The van der Waals surface area contributed by atoms with E-state index < -0.39 is 38.8 Å². The Labute approximate surface area is 170 Å². The van der Waals surface area contributed by atoms with Gasteiger partial charge in [0.15, 0.2) is 5.82 Å². The van der Waals surface area contributed by atoms with E-state index in [1.807, 2.05) is 0 Å². The molecule has 0 aromatic carbocycles. The third kappa shape index (κ3) is 5.79. The second-order valence-electron chi connectivity index (χ2n) is 7.22. The molecule has 3 rings (SSSR count). The fourth-order valence-corrected chi connectivity index (χ4v) is 4.42.